The quantitative estimate of drug-likeness (QED) is 0.280. The monoisotopic (exact) mass is 664 g/mol. The minimum atomic E-state index is 0.546. The Bertz CT molecular complexity index is 349. The molecule has 2 saturated carbocycles. The molecule has 288 valence electrons. The molecular weight excluding hydrogens is 566 g/mol. The molecule has 6 fully saturated rings. The number of rotatable bonds is 0. The summed E-state index contributed by atoms with van der Waals surface area (Å²) in [6.45, 7) is 43.8. The minimum absolute atomic E-state index is 0.546. The van der Waals surface area contributed by atoms with E-state index < -0.39 is 0 Å². The van der Waals surface area contributed by atoms with Gasteiger partial charge in [0, 0.05) is 26.4 Å². The zero-order valence-electron chi connectivity index (χ0n) is 35.9. The Labute approximate surface area is 296 Å². The molecule has 0 spiro atoms. The average Bonchev–Trinajstić information content (AvgIpc) is 3.95. The van der Waals surface area contributed by atoms with Gasteiger partial charge in [-0.15, -0.1) is 0 Å². The lowest BCUT2D eigenvalue weighted by molar-refractivity contribution is -0.0375. The first kappa shape index (κ1) is 58.1. The highest BCUT2D eigenvalue weighted by atomic mass is 16.5. The van der Waals surface area contributed by atoms with E-state index in [0.717, 1.165) is 50.1 Å². The highest BCUT2D eigenvalue weighted by molar-refractivity contribution is 4.65. The van der Waals surface area contributed by atoms with Crippen LogP contribution in [-0.2, 0) is 14.2 Å². The number of nitrogens with one attached hydrogen (secondary N) is 1. The van der Waals surface area contributed by atoms with Crippen molar-refractivity contribution < 1.29 is 14.2 Å². The van der Waals surface area contributed by atoms with Crippen molar-refractivity contribution >= 4 is 0 Å². The first-order chi connectivity index (χ1) is 22.4. The molecule has 6 aliphatic rings. The van der Waals surface area contributed by atoms with Gasteiger partial charge in [-0.25, -0.2) is 0 Å². The number of hydrogen-bond acceptors (Lipinski definition) is 4. The van der Waals surface area contributed by atoms with Crippen LogP contribution in [0.1, 0.15) is 202 Å². The van der Waals surface area contributed by atoms with Crippen molar-refractivity contribution in [1.29, 1.82) is 0 Å². The lowest BCUT2D eigenvalue weighted by Gasteiger charge is -2.20. The molecular formula is C42H97NO3. The standard InChI is InChI=1S/C6H12.C5H11N.2C5H10O.C5H10.C4H8O.6C2H6/c1-6-4-2-3-5-6;2*1-5-2-3-6-4-5;1-5-3-2-4-6-5;1-5-3-2-4-5;1-4-2-3-5-4;6*1-2/h6H,2-5H2,1H3;5-6H,2-4H2,1H3;2*5H,2-4H2,1H3;5H,2-4H2,1H3;4H,2-3H2,1H3;6*1-2H3/t;3*5-;;4-;;;;;;/m.111.1....../s1. The van der Waals surface area contributed by atoms with E-state index in [2.05, 4.69) is 46.9 Å². The molecule has 0 unspecified atom stereocenters. The van der Waals surface area contributed by atoms with E-state index in [1.165, 1.54) is 90.1 Å². The molecule has 0 bridgehead atoms. The van der Waals surface area contributed by atoms with Gasteiger partial charge >= 0.3 is 0 Å². The van der Waals surface area contributed by atoms with Gasteiger partial charge in [-0.3, -0.25) is 0 Å². The van der Waals surface area contributed by atoms with Gasteiger partial charge in [0.05, 0.1) is 12.2 Å². The van der Waals surface area contributed by atoms with E-state index in [4.69, 9.17) is 14.2 Å². The molecule has 4 heteroatoms. The zero-order chi connectivity index (χ0) is 37.0. The molecule has 46 heavy (non-hydrogen) atoms. The van der Waals surface area contributed by atoms with Gasteiger partial charge in [0.1, 0.15) is 0 Å². The van der Waals surface area contributed by atoms with Gasteiger partial charge in [-0.05, 0) is 82.7 Å². The van der Waals surface area contributed by atoms with E-state index in [1.807, 2.05) is 83.1 Å². The summed E-state index contributed by atoms with van der Waals surface area (Å²) in [6, 6.07) is 0. The molecule has 6 rings (SSSR count). The molecule has 4 atom stereocenters. The summed E-state index contributed by atoms with van der Waals surface area (Å²) in [5.41, 5.74) is 0. The molecule has 2 aliphatic carbocycles. The third-order valence-corrected chi connectivity index (χ3v) is 7.59. The predicted octanol–water partition coefficient (Wildman–Crippen LogP) is 13.8. The average molecular weight is 664 g/mol. The molecule has 4 nitrogen and oxygen atoms in total. The van der Waals surface area contributed by atoms with Gasteiger partial charge in [0.25, 0.3) is 0 Å². The van der Waals surface area contributed by atoms with E-state index in [9.17, 15) is 0 Å². The van der Waals surface area contributed by atoms with Gasteiger partial charge < -0.3 is 19.5 Å². The second-order valence-electron chi connectivity index (χ2n) is 11.8. The number of ether oxygens (including phenoxy) is 3. The van der Waals surface area contributed by atoms with Crippen molar-refractivity contribution in [3.63, 3.8) is 0 Å². The van der Waals surface area contributed by atoms with Crippen LogP contribution in [0.2, 0.25) is 0 Å². The molecule has 4 heterocycles. The van der Waals surface area contributed by atoms with E-state index >= 15 is 0 Å². The summed E-state index contributed by atoms with van der Waals surface area (Å²) in [4.78, 5) is 0. The van der Waals surface area contributed by atoms with E-state index in [1.54, 1.807) is 0 Å². The maximum atomic E-state index is 5.15. The zero-order valence-corrected chi connectivity index (χ0v) is 35.9. The molecule has 0 aromatic rings. The third kappa shape index (κ3) is 50.7. The molecule has 0 aromatic heterocycles. The maximum Gasteiger partial charge on any atom is 0.0568 e. The smallest absolute Gasteiger partial charge is 0.0568 e. The molecule has 0 aromatic carbocycles. The summed E-state index contributed by atoms with van der Waals surface area (Å²) < 4.78 is 15.1. The van der Waals surface area contributed by atoms with Crippen LogP contribution in [-0.4, -0.2) is 51.7 Å². The Kier molecular flexibility index (Phi) is 68.5. The Balaban J connectivity index is -0.0000000980. The summed E-state index contributed by atoms with van der Waals surface area (Å²) >= 11 is 0. The van der Waals surface area contributed by atoms with Crippen molar-refractivity contribution in [3.8, 4) is 0 Å². The highest BCUT2D eigenvalue weighted by Crippen LogP contribution is 2.24. The first-order valence-electron chi connectivity index (χ1n) is 20.9. The van der Waals surface area contributed by atoms with Crippen LogP contribution in [0.3, 0.4) is 0 Å². The SMILES string of the molecule is CC.CC.CC.CC.CC.CC.CC1CCC1.CC1CCCC1.C[C@@H]1CCCO1.C[C@@H]1CCNC1.C[C@@H]1CCO1.C[C@@H]1CCOC1. The van der Waals surface area contributed by atoms with Gasteiger partial charge in [-0.2, -0.15) is 0 Å². The minimum Gasteiger partial charge on any atom is -0.381 e. The fourth-order valence-electron chi connectivity index (χ4n) is 4.29. The Morgan fingerprint density at radius 2 is 0.826 bits per heavy atom. The van der Waals surface area contributed by atoms with Gasteiger partial charge in [0.2, 0.25) is 0 Å². The van der Waals surface area contributed by atoms with Crippen molar-refractivity contribution in [3.05, 3.63) is 0 Å². The highest BCUT2D eigenvalue weighted by Gasteiger charge is 2.10. The fourth-order valence-corrected chi connectivity index (χ4v) is 4.29. The van der Waals surface area contributed by atoms with Gasteiger partial charge in [0.15, 0.2) is 0 Å². The maximum absolute atomic E-state index is 5.15. The summed E-state index contributed by atoms with van der Waals surface area (Å²) in [5.74, 6) is 3.87. The summed E-state index contributed by atoms with van der Waals surface area (Å²) in [5, 5.41) is 3.27. The van der Waals surface area contributed by atoms with Crippen LogP contribution in [0, 0.1) is 23.7 Å². The fraction of sp³-hybridized carbons (Fsp3) is 1.00. The molecule has 1 N–H and O–H groups in total. The van der Waals surface area contributed by atoms with Crippen LogP contribution in [0.15, 0.2) is 0 Å². The Morgan fingerprint density at radius 1 is 0.391 bits per heavy atom. The van der Waals surface area contributed by atoms with Crippen LogP contribution < -0.4 is 5.32 Å². The van der Waals surface area contributed by atoms with Crippen molar-refractivity contribution in [2.75, 3.05) is 39.5 Å². The van der Waals surface area contributed by atoms with Crippen LogP contribution in [0.4, 0.5) is 0 Å². The van der Waals surface area contributed by atoms with Crippen molar-refractivity contribution in [1.82, 2.24) is 5.32 Å². The summed E-state index contributed by atoms with van der Waals surface area (Å²) in [7, 11) is 0. The normalized spacial score (nSPS) is 24.4. The second kappa shape index (κ2) is 54.3. The second-order valence-corrected chi connectivity index (χ2v) is 11.8. The van der Waals surface area contributed by atoms with Crippen LogP contribution in [0.25, 0.3) is 0 Å². The van der Waals surface area contributed by atoms with Crippen molar-refractivity contribution in [2.45, 2.75) is 214 Å². The van der Waals surface area contributed by atoms with Crippen LogP contribution in [0.5, 0.6) is 0 Å². The summed E-state index contributed by atoms with van der Waals surface area (Å²) in [6.07, 6.45) is 17.9. The largest absolute Gasteiger partial charge is 0.381 e. The Morgan fingerprint density at radius 3 is 0.913 bits per heavy atom. The van der Waals surface area contributed by atoms with Crippen LogP contribution >= 0.6 is 0 Å². The Hall–Kier alpha value is -0.160. The number of hydrogen-bond donors (Lipinski definition) is 1. The topological polar surface area (TPSA) is 39.7 Å². The molecule has 4 aliphatic heterocycles. The van der Waals surface area contributed by atoms with Crippen molar-refractivity contribution in [2.24, 2.45) is 23.7 Å². The molecule has 0 radical (unpaired) electrons. The lowest BCUT2D eigenvalue weighted by atomic mass is 9.88. The lowest BCUT2D eigenvalue weighted by Crippen LogP contribution is -2.22. The van der Waals surface area contributed by atoms with E-state index in [-0.39, 0.29) is 0 Å². The third-order valence-electron chi connectivity index (χ3n) is 7.59. The molecule has 0 amide bonds. The van der Waals surface area contributed by atoms with Gasteiger partial charge in [-0.1, -0.05) is 156 Å². The predicted molar refractivity (Wildman–Crippen MR) is 215 cm³/mol. The van der Waals surface area contributed by atoms with E-state index in [0.29, 0.717) is 12.2 Å². The molecule has 4 saturated heterocycles. The first-order valence-corrected chi connectivity index (χ1v) is 20.9.